The molecule has 1 N–H and O–H groups in total. The molecular weight excluding hydrogens is 208 g/mol. The van der Waals surface area contributed by atoms with E-state index in [1.165, 1.54) is 18.2 Å². The smallest absolute Gasteiger partial charge is 0.129 e. The molecule has 0 amide bonds. The summed E-state index contributed by atoms with van der Waals surface area (Å²) in [4.78, 5) is 0. The number of nitrogens with one attached hydrogen (secondary N) is 1. The zero-order chi connectivity index (χ0) is 11.6. The summed E-state index contributed by atoms with van der Waals surface area (Å²) in [6, 6.07) is 4.09. The van der Waals surface area contributed by atoms with Crippen LogP contribution in [0.25, 0.3) is 0 Å². The second-order valence-corrected chi connectivity index (χ2v) is 4.73. The van der Waals surface area contributed by atoms with E-state index in [0.29, 0.717) is 6.42 Å². The van der Waals surface area contributed by atoms with Crippen molar-refractivity contribution in [3.05, 3.63) is 35.4 Å². The highest BCUT2D eigenvalue weighted by Gasteiger charge is 2.37. The molecular formula is C13H17F2N. The van der Waals surface area contributed by atoms with Crippen molar-refractivity contribution in [1.82, 2.24) is 5.32 Å². The van der Waals surface area contributed by atoms with Crippen LogP contribution in [0.4, 0.5) is 8.78 Å². The molecule has 2 rings (SSSR count). The van der Waals surface area contributed by atoms with Gasteiger partial charge in [0.25, 0.3) is 0 Å². The molecule has 3 heteroatoms. The van der Waals surface area contributed by atoms with Crippen molar-refractivity contribution in [2.75, 3.05) is 13.1 Å². The highest BCUT2D eigenvalue weighted by atomic mass is 19.1. The average molecular weight is 225 g/mol. The fourth-order valence-corrected chi connectivity index (χ4v) is 2.48. The van der Waals surface area contributed by atoms with Crippen molar-refractivity contribution >= 4 is 0 Å². The molecule has 0 atom stereocenters. The third-order valence-corrected chi connectivity index (χ3v) is 3.39. The van der Waals surface area contributed by atoms with E-state index in [4.69, 9.17) is 0 Å². The number of halogens is 2. The summed E-state index contributed by atoms with van der Waals surface area (Å²) in [5, 5.41) is 3.20. The van der Waals surface area contributed by atoms with Crippen LogP contribution in [0.1, 0.15) is 25.3 Å². The maximum Gasteiger partial charge on any atom is 0.129 e. The summed E-state index contributed by atoms with van der Waals surface area (Å²) in [7, 11) is 0. The molecule has 16 heavy (non-hydrogen) atoms. The summed E-state index contributed by atoms with van der Waals surface area (Å²) in [5.41, 5.74) is 0.315. The van der Waals surface area contributed by atoms with Gasteiger partial charge in [0.15, 0.2) is 0 Å². The zero-order valence-electron chi connectivity index (χ0n) is 9.52. The maximum atomic E-state index is 13.5. The van der Waals surface area contributed by atoms with Crippen LogP contribution in [0.3, 0.4) is 0 Å². The molecule has 1 aromatic carbocycles. The van der Waals surface area contributed by atoms with Crippen LogP contribution in [-0.4, -0.2) is 13.1 Å². The SMILES string of the molecule is CCCC1(Cc2c(F)cccc2F)CNC1. The molecule has 0 saturated carbocycles. The van der Waals surface area contributed by atoms with Crippen LogP contribution < -0.4 is 5.32 Å². The first-order chi connectivity index (χ1) is 7.67. The van der Waals surface area contributed by atoms with Gasteiger partial charge in [-0.2, -0.15) is 0 Å². The van der Waals surface area contributed by atoms with Gasteiger partial charge in [0.1, 0.15) is 11.6 Å². The van der Waals surface area contributed by atoms with Gasteiger partial charge in [0.2, 0.25) is 0 Å². The van der Waals surface area contributed by atoms with Crippen LogP contribution >= 0.6 is 0 Å². The summed E-state index contributed by atoms with van der Waals surface area (Å²) >= 11 is 0. The zero-order valence-corrected chi connectivity index (χ0v) is 9.52. The van der Waals surface area contributed by atoms with Crippen molar-refractivity contribution in [2.45, 2.75) is 26.2 Å². The van der Waals surface area contributed by atoms with Crippen molar-refractivity contribution in [3.8, 4) is 0 Å². The molecule has 0 bridgehead atoms. The molecule has 0 aromatic heterocycles. The predicted molar refractivity (Wildman–Crippen MR) is 60.3 cm³/mol. The Hall–Kier alpha value is -0.960. The van der Waals surface area contributed by atoms with Crippen LogP contribution in [0.15, 0.2) is 18.2 Å². The monoisotopic (exact) mass is 225 g/mol. The van der Waals surface area contributed by atoms with Crippen LogP contribution in [0, 0.1) is 17.0 Å². The summed E-state index contributed by atoms with van der Waals surface area (Å²) in [6.07, 6.45) is 2.58. The number of benzene rings is 1. The van der Waals surface area contributed by atoms with Crippen LogP contribution in [-0.2, 0) is 6.42 Å². The van der Waals surface area contributed by atoms with E-state index in [-0.39, 0.29) is 11.0 Å². The molecule has 1 aromatic rings. The first-order valence-corrected chi connectivity index (χ1v) is 5.80. The normalized spacial score (nSPS) is 18.2. The molecule has 1 nitrogen and oxygen atoms in total. The van der Waals surface area contributed by atoms with Crippen molar-refractivity contribution in [1.29, 1.82) is 0 Å². The predicted octanol–water partition coefficient (Wildman–Crippen LogP) is 2.90. The highest BCUT2D eigenvalue weighted by Crippen LogP contribution is 2.34. The Kier molecular flexibility index (Phi) is 3.24. The summed E-state index contributed by atoms with van der Waals surface area (Å²) in [5.74, 6) is -0.829. The molecule has 0 unspecified atom stereocenters. The summed E-state index contributed by atoms with van der Waals surface area (Å²) < 4.78 is 27.0. The quantitative estimate of drug-likeness (QED) is 0.830. The Morgan fingerprint density at radius 3 is 2.31 bits per heavy atom. The first kappa shape index (κ1) is 11.5. The largest absolute Gasteiger partial charge is 0.316 e. The minimum atomic E-state index is -0.414. The van der Waals surface area contributed by atoms with Gasteiger partial charge >= 0.3 is 0 Å². The molecule has 1 aliphatic heterocycles. The lowest BCUT2D eigenvalue weighted by atomic mass is 9.73. The van der Waals surface area contributed by atoms with Gasteiger partial charge in [0.05, 0.1) is 0 Å². The summed E-state index contributed by atoms with van der Waals surface area (Å²) in [6.45, 7) is 3.85. The second-order valence-electron chi connectivity index (χ2n) is 4.73. The number of hydrogen-bond acceptors (Lipinski definition) is 1. The maximum absolute atomic E-state index is 13.5. The number of rotatable bonds is 4. The fourth-order valence-electron chi connectivity index (χ4n) is 2.48. The van der Waals surface area contributed by atoms with E-state index in [1.807, 2.05) is 0 Å². The van der Waals surface area contributed by atoms with E-state index in [0.717, 1.165) is 25.9 Å². The molecule has 0 spiro atoms. The minimum absolute atomic E-state index is 0.0672. The standard InChI is InChI=1S/C13H17F2N/c1-2-6-13(8-16-9-13)7-10-11(14)4-3-5-12(10)15/h3-5,16H,2,6-9H2,1H3. The van der Waals surface area contributed by atoms with Gasteiger partial charge in [-0.05, 0) is 30.4 Å². The molecule has 0 radical (unpaired) electrons. The average Bonchev–Trinajstić information content (AvgIpc) is 2.20. The Labute approximate surface area is 94.9 Å². The van der Waals surface area contributed by atoms with Crippen LogP contribution in [0.2, 0.25) is 0 Å². The Bertz CT molecular complexity index is 352. The molecule has 0 aliphatic carbocycles. The number of hydrogen-bond donors (Lipinski definition) is 1. The van der Waals surface area contributed by atoms with Crippen molar-refractivity contribution < 1.29 is 8.78 Å². The van der Waals surface area contributed by atoms with E-state index in [1.54, 1.807) is 0 Å². The third-order valence-electron chi connectivity index (χ3n) is 3.39. The molecule has 88 valence electrons. The lowest BCUT2D eigenvalue weighted by molar-refractivity contribution is 0.147. The van der Waals surface area contributed by atoms with Gasteiger partial charge in [-0.15, -0.1) is 0 Å². The first-order valence-electron chi connectivity index (χ1n) is 5.80. The van der Waals surface area contributed by atoms with E-state index >= 15 is 0 Å². The van der Waals surface area contributed by atoms with E-state index in [9.17, 15) is 8.78 Å². The van der Waals surface area contributed by atoms with Gasteiger partial charge < -0.3 is 5.32 Å². The molecule has 1 fully saturated rings. The Morgan fingerprint density at radius 2 is 1.88 bits per heavy atom. The van der Waals surface area contributed by atoms with E-state index in [2.05, 4.69) is 12.2 Å². The Morgan fingerprint density at radius 1 is 1.25 bits per heavy atom. The molecule has 1 heterocycles. The lowest BCUT2D eigenvalue weighted by Gasteiger charge is -2.43. The Balaban J connectivity index is 2.19. The minimum Gasteiger partial charge on any atom is -0.316 e. The van der Waals surface area contributed by atoms with Crippen LogP contribution in [0.5, 0.6) is 0 Å². The molecule has 1 aliphatic rings. The van der Waals surface area contributed by atoms with Gasteiger partial charge in [-0.25, -0.2) is 8.78 Å². The van der Waals surface area contributed by atoms with Gasteiger partial charge in [0, 0.05) is 18.7 Å². The lowest BCUT2D eigenvalue weighted by Crippen LogP contribution is -2.54. The second kappa shape index (κ2) is 4.50. The van der Waals surface area contributed by atoms with E-state index < -0.39 is 11.6 Å². The van der Waals surface area contributed by atoms with Crippen molar-refractivity contribution in [2.24, 2.45) is 5.41 Å². The third kappa shape index (κ3) is 2.09. The van der Waals surface area contributed by atoms with Gasteiger partial charge in [-0.3, -0.25) is 0 Å². The molecule has 1 saturated heterocycles. The van der Waals surface area contributed by atoms with Crippen molar-refractivity contribution in [3.63, 3.8) is 0 Å². The van der Waals surface area contributed by atoms with Gasteiger partial charge in [-0.1, -0.05) is 19.4 Å². The topological polar surface area (TPSA) is 12.0 Å². The fraction of sp³-hybridized carbons (Fsp3) is 0.538. The highest BCUT2D eigenvalue weighted by molar-refractivity contribution is 5.22.